The van der Waals surface area contributed by atoms with Crippen molar-refractivity contribution in [3.8, 4) is 0 Å². The highest BCUT2D eigenvalue weighted by Gasteiger charge is 2.42. The Hall–Kier alpha value is -0.730. The zero-order valence-electron chi connectivity index (χ0n) is 25.9. The maximum absolute atomic E-state index is 12.6. The number of carbonyl (C=O) groups excluding carboxylic acids is 1. The Morgan fingerprint density at radius 2 is 1.32 bits per heavy atom. The van der Waals surface area contributed by atoms with Crippen molar-refractivity contribution in [3.63, 3.8) is 0 Å². The molecule has 0 amide bonds. The molecule has 238 valence electrons. The lowest BCUT2D eigenvalue weighted by atomic mass is 9.85. The maximum Gasteiger partial charge on any atom is 0.330 e. The molecule has 0 heterocycles. The van der Waals surface area contributed by atoms with Crippen molar-refractivity contribution >= 4 is 5.78 Å². The number of ketones is 1. The van der Waals surface area contributed by atoms with Crippen LogP contribution in [0.4, 0.5) is 17.6 Å². The third kappa shape index (κ3) is 16.1. The highest BCUT2D eigenvalue weighted by Crippen LogP contribution is 2.30. The van der Waals surface area contributed by atoms with Crippen LogP contribution >= 0.6 is 0 Å². The summed E-state index contributed by atoms with van der Waals surface area (Å²) < 4.78 is 64.8. The summed E-state index contributed by atoms with van der Waals surface area (Å²) >= 11 is 0. The van der Waals surface area contributed by atoms with Gasteiger partial charge in [-0.3, -0.25) is 4.79 Å². The lowest BCUT2D eigenvalue weighted by Crippen LogP contribution is -2.35. The van der Waals surface area contributed by atoms with Gasteiger partial charge in [-0.15, -0.1) is 0 Å². The van der Waals surface area contributed by atoms with Crippen LogP contribution in [0.3, 0.4) is 0 Å². The molecule has 0 aromatic rings. The molecule has 3 aliphatic carbocycles. The molecule has 0 N–H and O–H groups in total. The van der Waals surface area contributed by atoms with Crippen LogP contribution in [0.5, 0.6) is 0 Å². The number of Topliss-reactive ketones (excluding diaryl/α,β-unsaturated/α-hetero) is 1. The van der Waals surface area contributed by atoms with Gasteiger partial charge in [-0.25, -0.2) is 8.78 Å². The molecule has 4 nitrogen and oxygen atoms in total. The SMILES string of the molecule is CC(=O)C1CCC(OCC(F)(F)C(F)F)CC1.CCCCCOC1CCC(CC)CC1.COC1CCC(C)CC1. The summed E-state index contributed by atoms with van der Waals surface area (Å²) in [7, 11) is 1.82. The van der Waals surface area contributed by atoms with Crippen LogP contribution in [0.1, 0.15) is 130 Å². The molecule has 3 rings (SSSR count). The summed E-state index contributed by atoms with van der Waals surface area (Å²) in [4.78, 5) is 11.1. The van der Waals surface area contributed by atoms with Crippen LogP contribution in [-0.2, 0) is 19.0 Å². The van der Waals surface area contributed by atoms with Crippen molar-refractivity contribution in [1.82, 2.24) is 0 Å². The van der Waals surface area contributed by atoms with E-state index in [4.69, 9.17) is 14.2 Å². The van der Waals surface area contributed by atoms with Crippen molar-refractivity contribution in [3.05, 3.63) is 0 Å². The Morgan fingerprint density at radius 1 is 0.800 bits per heavy atom. The third-order valence-corrected chi connectivity index (χ3v) is 8.85. The molecule has 40 heavy (non-hydrogen) atoms. The van der Waals surface area contributed by atoms with Crippen molar-refractivity contribution in [2.45, 2.75) is 161 Å². The van der Waals surface area contributed by atoms with Gasteiger partial charge in [0.1, 0.15) is 12.4 Å². The number of rotatable bonds is 12. The van der Waals surface area contributed by atoms with Crippen LogP contribution in [0.2, 0.25) is 0 Å². The van der Waals surface area contributed by atoms with Gasteiger partial charge in [0.05, 0.1) is 18.3 Å². The molecule has 0 radical (unpaired) electrons. The first-order chi connectivity index (χ1) is 19.0. The zero-order valence-corrected chi connectivity index (χ0v) is 25.9. The summed E-state index contributed by atoms with van der Waals surface area (Å²) in [5.41, 5.74) is 0. The van der Waals surface area contributed by atoms with Gasteiger partial charge in [-0.2, -0.15) is 8.78 Å². The van der Waals surface area contributed by atoms with Gasteiger partial charge in [0.25, 0.3) is 0 Å². The molecule has 8 heteroatoms. The molecule has 0 aromatic carbocycles. The first-order valence-corrected chi connectivity index (χ1v) is 15.9. The predicted octanol–water partition coefficient (Wildman–Crippen LogP) is 9.42. The summed E-state index contributed by atoms with van der Waals surface area (Å²) in [6.07, 6.45) is 15.1. The van der Waals surface area contributed by atoms with E-state index in [-0.39, 0.29) is 11.7 Å². The fourth-order valence-corrected chi connectivity index (χ4v) is 5.70. The molecular weight excluding hydrogens is 524 g/mol. The third-order valence-electron chi connectivity index (χ3n) is 8.85. The van der Waals surface area contributed by atoms with E-state index in [9.17, 15) is 22.4 Å². The fourth-order valence-electron chi connectivity index (χ4n) is 5.70. The quantitative estimate of drug-likeness (QED) is 0.170. The van der Waals surface area contributed by atoms with E-state index in [1.807, 2.05) is 7.11 Å². The molecule has 0 atom stereocenters. The number of ether oxygens (including phenoxy) is 3. The highest BCUT2D eigenvalue weighted by atomic mass is 19.3. The Morgan fingerprint density at radius 3 is 1.80 bits per heavy atom. The number of halogens is 4. The molecule has 0 spiro atoms. The van der Waals surface area contributed by atoms with E-state index in [1.165, 1.54) is 84.0 Å². The molecule has 0 saturated heterocycles. The smallest absolute Gasteiger partial charge is 0.330 e. The van der Waals surface area contributed by atoms with Gasteiger partial charge in [0.15, 0.2) is 0 Å². The lowest BCUT2D eigenvalue weighted by Gasteiger charge is -2.28. The number of unbranched alkanes of at least 4 members (excludes halogenated alkanes) is 2. The van der Waals surface area contributed by atoms with E-state index >= 15 is 0 Å². The van der Waals surface area contributed by atoms with E-state index in [2.05, 4.69) is 20.8 Å². The largest absolute Gasteiger partial charge is 0.381 e. The first kappa shape index (κ1) is 37.3. The molecule has 3 aliphatic rings. The zero-order chi connectivity index (χ0) is 30.0. The standard InChI is InChI=1S/C13H26O.C11H16F4O2.C8H16O/c1-3-5-6-11-14-13-9-7-12(4-2)8-10-13;1-7(16)8-2-4-9(5-3-8)17-6-11(14,15)10(12)13;1-7-3-5-8(9-2)6-4-7/h12-13H,3-11H2,1-2H3;8-10H,2-6H2,1H3;7-8H,3-6H2,1-2H3. The van der Waals surface area contributed by atoms with E-state index in [1.54, 1.807) is 0 Å². The lowest BCUT2D eigenvalue weighted by molar-refractivity contribution is -0.179. The van der Waals surface area contributed by atoms with Crippen LogP contribution < -0.4 is 0 Å². The highest BCUT2D eigenvalue weighted by molar-refractivity contribution is 5.78. The van der Waals surface area contributed by atoms with Gasteiger partial charge in [-0.1, -0.05) is 40.0 Å². The topological polar surface area (TPSA) is 44.8 Å². The molecule has 0 aliphatic heterocycles. The number of carbonyl (C=O) groups is 1. The molecule has 3 fully saturated rings. The fraction of sp³-hybridized carbons (Fsp3) is 0.969. The monoisotopic (exact) mass is 582 g/mol. The molecular formula is C32H58F4O4. The van der Waals surface area contributed by atoms with E-state index in [0.29, 0.717) is 37.9 Å². The number of hydrogen-bond donors (Lipinski definition) is 0. The van der Waals surface area contributed by atoms with Gasteiger partial charge in [-0.05, 0) is 102 Å². The molecule has 0 unspecified atom stereocenters. The Labute approximate surface area is 241 Å². The molecule has 0 bridgehead atoms. The van der Waals surface area contributed by atoms with Gasteiger partial charge in [0.2, 0.25) is 0 Å². The van der Waals surface area contributed by atoms with Gasteiger partial charge in [0, 0.05) is 19.6 Å². The minimum atomic E-state index is -4.09. The molecule has 0 aromatic heterocycles. The Bertz CT molecular complexity index is 624. The average Bonchev–Trinajstić information content (AvgIpc) is 2.96. The number of methoxy groups -OCH3 is 1. The second kappa shape index (κ2) is 21.0. The summed E-state index contributed by atoms with van der Waals surface area (Å²) in [6, 6.07) is 0. The average molecular weight is 583 g/mol. The Balaban J connectivity index is 0.000000314. The summed E-state index contributed by atoms with van der Waals surface area (Å²) in [5, 5.41) is 0. The van der Waals surface area contributed by atoms with Crippen LogP contribution in [-0.4, -0.2) is 56.8 Å². The van der Waals surface area contributed by atoms with Crippen LogP contribution in [0, 0.1) is 17.8 Å². The minimum Gasteiger partial charge on any atom is -0.381 e. The van der Waals surface area contributed by atoms with Crippen molar-refractivity contribution in [2.75, 3.05) is 20.3 Å². The predicted molar refractivity (Wildman–Crippen MR) is 153 cm³/mol. The number of hydrogen-bond acceptors (Lipinski definition) is 4. The van der Waals surface area contributed by atoms with Crippen molar-refractivity contribution < 1.29 is 36.6 Å². The summed E-state index contributed by atoms with van der Waals surface area (Å²) in [6.45, 7) is 8.12. The first-order valence-electron chi connectivity index (χ1n) is 15.9. The normalized spacial score (nSPS) is 29.1. The van der Waals surface area contributed by atoms with Gasteiger partial charge >= 0.3 is 12.3 Å². The second-order valence-corrected chi connectivity index (χ2v) is 12.2. The minimum absolute atomic E-state index is 0.0366. The molecule has 3 saturated carbocycles. The van der Waals surface area contributed by atoms with Gasteiger partial charge < -0.3 is 14.2 Å². The maximum atomic E-state index is 12.6. The number of alkyl halides is 4. The van der Waals surface area contributed by atoms with E-state index < -0.39 is 25.1 Å². The van der Waals surface area contributed by atoms with Crippen molar-refractivity contribution in [1.29, 1.82) is 0 Å². The van der Waals surface area contributed by atoms with Crippen molar-refractivity contribution in [2.24, 2.45) is 17.8 Å². The van der Waals surface area contributed by atoms with Crippen LogP contribution in [0.25, 0.3) is 0 Å². The van der Waals surface area contributed by atoms with Crippen LogP contribution in [0.15, 0.2) is 0 Å². The van der Waals surface area contributed by atoms with E-state index in [0.717, 1.165) is 18.4 Å². The summed E-state index contributed by atoms with van der Waals surface area (Å²) in [5.74, 6) is -2.11. The Kier molecular flexibility index (Phi) is 19.6. The second-order valence-electron chi connectivity index (χ2n) is 12.2.